The maximum Gasteiger partial charge on any atom is 0.313 e. The van der Waals surface area contributed by atoms with E-state index in [2.05, 4.69) is 4.98 Å². The van der Waals surface area contributed by atoms with Gasteiger partial charge < -0.3 is 24.4 Å². The summed E-state index contributed by atoms with van der Waals surface area (Å²) >= 11 is 0. The Morgan fingerprint density at radius 3 is 2.49 bits per heavy atom. The molecule has 1 aromatic carbocycles. The fourth-order valence-electron chi connectivity index (χ4n) is 3.97. The molecular weight excluding hydrogens is 482 g/mol. The Balaban J connectivity index is 1.87. The number of aromatic hydroxyl groups is 1. The van der Waals surface area contributed by atoms with E-state index in [1.54, 1.807) is 13.8 Å². The number of hydrogen-bond acceptors (Lipinski definition) is 10. The number of aromatic nitrogens is 1. The lowest BCUT2D eigenvalue weighted by molar-refractivity contribution is -0.177. The zero-order chi connectivity index (χ0) is 27.1. The quantitative estimate of drug-likeness (QED) is 0.306. The summed E-state index contributed by atoms with van der Waals surface area (Å²) in [6.07, 6.45) is -1.17. The van der Waals surface area contributed by atoms with Crippen LogP contribution < -0.4 is 0 Å². The molecule has 0 spiro atoms. The van der Waals surface area contributed by atoms with Crippen molar-refractivity contribution in [1.82, 2.24) is 4.98 Å². The number of nitrogens with zero attached hydrogens (tertiary/aromatic N) is 1. The number of Topliss-reactive ketones (excluding diaryl/α,β-unsaturated/α-hetero) is 1. The van der Waals surface area contributed by atoms with Crippen LogP contribution in [0.4, 0.5) is 0 Å². The third kappa shape index (κ3) is 6.91. The van der Waals surface area contributed by atoms with E-state index in [1.807, 2.05) is 30.3 Å². The van der Waals surface area contributed by atoms with Crippen LogP contribution in [0.15, 0.2) is 42.6 Å². The number of pyridine rings is 1. The average Bonchev–Trinajstić information content (AvgIpc) is 2.91. The van der Waals surface area contributed by atoms with Crippen LogP contribution in [-0.2, 0) is 41.6 Å². The standard InChI is InChI=1S/C27H31NO9/c1-15(2)25(32)37-24-16(3)36-26(33)19(12-21(30)22-23(31)18(13-29)9-10-28-22)14-35-27(34)20(24)11-17-7-5-4-6-8-17/h4-10,15-16,19-20,24,29,31H,11-14H2,1-3H3/t16-,19?,20+,24?/m0/s1. The SMILES string of the molecule is CC(C)C(=O)OC1[C@H](C)OC(=O)C(CC(=O)c2nccc(CO)c2O)COC(=O)[C@@H]1Cc1ccccc1. The molecule has 2 aromatic rings. The molecule has 2 unspecified atom stereocenters. The van der Waals surface area contributed by atoms with E-state index in [0.29, 0.717) is 0 Å². The number of carbonyl (C=O) groups excluding carboxylic acids is 4. The molecule has 10 heteroatoms. The lowest BCUT2D eigenvalue weighted by Gasteiger charge is -2.29. The number of carbonyl (C=O) groups is 4. The average molecular weight is 514 g/mol. The smallest absolute Gasteiger partial charge is 0.313 e. The first-order chi connectivity index (χ1) is 17.6. The van der Waals surface area contributed by atoms with Gasteiger partial charge in [-0.15, -0.1) is 0 Å². The van der Waals surface area contributed by atoms with Crippen molar-refractivity contribution in [2.45, 2.75) is 52.4 Å². The highest BCUT2D eigenvalue weighted by molar-refractivity contribution is 5.99. The summed E-state index contributed by atoms with van der Waals surface area (Å²) in [4.78, 5) is 55.4. The van der Waals surface area contributed by atoms with Crippen LogP contribution in [-0.4, -0.2) is 57.7 Å². The van der Waals surface area contributed by atoms with Gasteiger partial charge in [-0.1, -0.05) is 44.2 Å². The van der Waals surface area contributed by atoms with Crippen molar-refractivity contribution in [3.8, 4) is 5.75 Å². The summed E-state index contributed by atoms with van der Waals surface area (Å²) in [5.74, 6) is -5.89. The summed E-state index contributed by atoms with van der Waals surface area (Å²) in [5.41, 5.74) is 0.586. The van der Waals surface area contributed by atoms with E-state index < -0.39 is 79.0 Å². The molecule has 3 rings (SSSR count). The minimum Gasteiger partial charge on any atom is -0.505 e. The second-order valence-electron chi connectivity index (χ2n) is 9.27. The highest BCUT2D eigenvalue weighted by atomic mass is 16.6. The van der Waals surface area contributed by atoms with Gasteiger partial charge in [0.1, 0.15) is 30.1 Å². The van der Waals surface area contributed by atoms with Gasteiger partial charge in [-0.05, 0) is 25.0 Å². The molecule has 1 aliphatic heterocycles. The van der Waals surface area contributed by atoms with Crippen molar-refractivity contribution in [1.29, 1.82) is 0 Å². The molecule has 1 aliphatic rings. The number of cyclic esters (lactones) is 2. The van der Waals surface area contributed by atoms with Crippen LogP contribution >= 0.6 is 0 Å². The molecule has 1 fully saturated rings. The van der Waals surface area contributed by atoms with Crippen molar-refractivity contribution >= 4 is 23.7 Å². The molecule has 198 valence electrons. The van der Waals surface area contributed by atoms with Gasteiger partial charge in [0.15, 0.2) is 11.9 Å². The van der Waals surface area contributed by atoms with E-state index in [4.69, 9.17) is 14.2 Å². The molecule has 0 saturated carbocycles. The molecule has 1 aromatic heterocycles. The maximum atomic E-state index is 13.2. The van der Waals surface area contributed by atoms with E-state index in [-0.39, 0.29) is 17.7 Å². The van der Waals surface area contributed by atoms with E-state index in [0.717, 1.165) is 5.56 Å². The Kier molecular flexibility index (Phi) is 9.35. The molecular formula is C27H31NO9. The first-order valence-electron chi connectivity index (χ1n) is 12.0. The first kappa shape index (κ1) is 27.8. The van der Waals surface area contributed by atoms with Gasteiger partial charge in [0.2, 0.25) is 0 Å². The molecule has 10 nitrogen and oxygen atoms in total. The first-order valence-corrected chi connectivity index (χ1v) is 12.0. The third-order valence-electron chi connectivity index (χ3n) is 6.12. The number of ketones is 1. The topological polar surface area (TPSA) is 149 Å². The number of esters is 3. The van der Waals surface area contributed by atoms with Gasteiger partial charge in [0, 0.05) is 18.2 Å². The van der Waals surface area contributed by atoms with Gasteiger partial charge in [0.05, 0.1) is 18.4 Å². The fourth-order valence-corrected chi connectivity index (χ4v) is 3.97. The van der Waals surface area contributed by atoms with Crippen LogP contribution in [0.3, 0.4) is 0 Å². The summed E-state index contributed by atoms with van der Waals surface area (Å²) in [5, 5.41) is 19.6. The number of ether oxygens (including phenoxy) is 3. The van der Waals surface area contributed by atoms with Crippen molar-refractivity contribution in [3.63, 3.8) is 0 Å². The Labute approximate surface area is 214 Å². The Hall–Kier alpha value is -3.79. The van der Waals surface area contributed by atoms with E-state index in [9.17, 15) is 29.4 Å². The maximum absolute atomic E-state index is 13.2. The largest absolute Gasteiger partial charge is 0.505 e. The van der Waals surface area contributed by atoms with Crippen LogP contribution in [0, 0.1) is 17.8 Å². The Morgan fingerprint density at radius 1 is 1.14 bits per heavy atom. The Morgan fingerprint density at radius 2 is 1.84 bits per heavy atom. The lowest BCUT2D eigenvalue weighted by Crippen LogP contribution is -2.43. The number of rotatable bonds is 8. The van der Waals surface area contributed by atoms with Gasteiger partial charge >= 0.3 is 17.9 Å². The summed E-state index contributed by atoms with van der Waals surface area (Å²) in [6.45, 7) is 3.86. The van der Waals surface area contributed by atoms with Crippen molar-refractivity contribution in [2.75, 3.05) is 6.61 Å². The third-order valence-corrected chi connectivity index (χ3v) is 6.12. The lowest BCUT2D eigenvalue weighted by atomic mass is 9.91. The van der Waals surface area contributed by atoms with Gasteiger partial charge in [-0.25, -0.2) is 4.98 Å². The number of aliphatic hydroxyl groups is 1. The van der Waals surface area contributed by atoms with Gasteiger partial charge in [-0.2, -0.15) is 0 Å². The monoisotopic (exact) mass is 513 g/mol. The molecule has 1 saturated heterocycles. The van der Waals surface area contributed by atoms with E-state index >= 15 is 0 Å². The predicted octanol–water partition coefficient (Wildman–Crippen LogP) is 2.38. The molecule has 37 heavy (non-hydrogen) atoms. The van der Waals surface area contributed by atoms with Crippen LogP contribution in [0.5, 0.6) is 5.75 Å². The zero-order valence-corrected chi connectivity index (χ0v) is 21.0. The fraction of sp³-hybridized carbons (Fsp3) is 0.444. The summed E-state index contributed by atoms with van der Waals surface area (Å²) < 4.78 is 16.7. The molecule has 2 heterocycles. The highest BCUT2D eigenvalue weighted by Crippen LogP contribution is 2.28. The molecule has 4 atom stereocenters. The van der Waals surface area contributed by atoms with Crippen molar-refractivity contribution in [2.24, 2.45) is 17.8 Å². The number of benzene rings is 1. The predicted molar refractivity (Wildman–Crippen MR) is 129 cm³/mol. The van der Waals surface area contributed by atoms with Gasteiger partial charge in [0.25, 0.3) is 0 Å². The van der Waals surface area contributed by atoms with Gasteiger partial charge in [-0.3, -0.25) is 19.2 Å². The summed E-state index contributed by atoms with van der Waals surface area (Å²) in [6, 6.07) is 10.4. The van der Waals surface area contributed by atoms with Crippen LogP contribution in [0.25, 0.3) is 0 Å². The molecule has 0 radical (unpaired) electrons. The normalized spacial score (nSPS) is 22.3. The van der Waals surface area contributed by atoms with E-state index in [1.165, 1.54) is 19.2 Å². The summed E-state index contributed by atoms with van der Waals surface area (Å²) in [7, 11) is 0. The number of hydrogen-bond donors (Lipinski definition) is 2. The van der Waals surface area contributed by atoms with Crippen molar-refractivity contribution < 1.29 is 43.6 Å². The number of aliphatic hydroxyl groups excluding tert-OH is 1. The highest BCUT2D eigenvalue weighted by Gasteiger charge is 2.42. The Bertz CT molecular complexity index is 1130. The molecule has 0 amide bonds. The zero-order valence-electron chi connectivity index (χ0n) is 21.0. The molecule has 0 aliphatic carbocycles. The minimum absolute atomic E-state index is 0.106. The van der Waals surface area contributed by atoms with Crippen LogP contribution in [0.1, 0.15) is 48.8 Å². The molecule has 2 N–H and O–H groups in total. The minimum atomic E-state index is -1.19. The van der Waals surface area contributed by atoms with Crippen molar-refractivity contribution in [3.05, 3.63) is 59.4 Å². The van der Waals surface area contributed by atoms with Crippen LogP contribution in [0.2, 0.25) is 0 Å². The second-order valence-corrected chi connectivity index (χ2v) is 9.27. The second kappa shape index (κ2) is 12.4. The molecule has 0 bridgehead atoms.